The number of carbonyl (C=O) groups excluding carboxylic acids is 21. The van der Waals surface area contributed by atoms with Crippen molar-refractivity contribution >= 4 is 185 Å². The maximum absolute atomic E-state index is 15.5. The average molecular weight is 2100 g/mol. The summed E-state index contributed by atoms with van der Waals surface area (Å²) in [5.41, 5.74) is 34.4. The second-order valence-corrected chi connectivity index (χ2v) is 39.7. The first-order valence-corrected chi connectivity index (χ1v) is 50.0. The average Bonchev–Trinajstić information content (AvgIpc) is 1.60. The molecule has 2 bridgehead atoms. The van der Waals surface area contributed by atoms with Crippen LogP contribution >= 0.6 is 43.2 Å². The van der Waals surface area contributed by atoms with Crippen LogP contribution in [0.1, 0.15) is 144 Å². The van der Waals surface area contributed by atoms with Gasteiger partial charge in [-0.3, -0.25) is 111 Å². The largest absolute Gasteiger partial charge is 0.490 e. The number of likely N-dealkylation sites (tertiary alicyclic amines) is 1. The number of hydrogen-bond donors (Lipinski definition) is 27. The number of rotatable bonds is 27. The Labute approximate surface area is 826 Å². The van der Waals surface area contributed by atoms with E-state index in [4.69, 9.17) is 49.7 Å². The molecular formula is C81H126F3N27O27S4. The number of nitrogens with two attached hydrogens (primary N) is 6. The van der Waals surface area contributed by atoms with Gasteiger partial charge in [-0.2, -0.15) is 13.2 Å². The van der Waals surface area contributed by atoms with Gasteiger partial charge in [-0.1, -0.05) is 91.1 Å². The van der Waals surface area contributed by atoms with Gasteiger partial charge < -0.3 is 154 Å². The summed E-state index contributed by atoms with van der Waals surface area (Å²) in [5.74, 6) is -33.8. The standard InChI is InChI=1S/C79H125N27O25S4.C2HF3O2/c1-8-36(6)59-74(127)96-46(61(84)114)29-132-133-30-47-66(119)95-45(28-107)65(118)94-43(25-55(83)111)77(130)106-22-12-16-52(106)71(124)100-57(34(2)3)73(126)99-49(32-135-134-31-48(67(120)97-47)98-70(123)51-15-11-21-105(51)78(131)44(26-56(112)113)92-62(115)39(80)13-9-19-88-79(85)86)68(121)103-60(37(7)108)75(128)101-58(35(4)5)72(125)91-41(23-38-27-87-33-89-38)64(117)93-42(24-54(82)110)76(129)104-20-10-14-50(104)69(122)90-40(63(116)102-59)17-18-53(81)109;3-2(4,5)1(6)7/h27,33-37,39-52,57-60,107-108H,8-26,28-32,80H2,1-7H3,(H2,81,109)(H2,82,110)(H2,83,111)(H2,84,114)(H,87,89)(H,90,122)(H,91,125)(H,92,115)(H,93,117)(H,94,118)(H,95,119)(H,96,127)(H,97,120)(H,98,123)(H,99,126)(H,100,124)(H,101,128)(H,102,116)(H,103,121)(H,112,113)(H4,85,86,88);(H,6,7)/t36-,37+,39-,40-,41-,42-,43-,44-,45-,46-,47-,48-,49-,50-,51-,52-,57-,58-,59-,60-;/m0./s1. The number of carboxylic acids is 2. The molecule has 61 heteroatoms. The molecule has 6 rings (SSSR count). The Bertz CT molecular complexity index is 4730. The number of alkyl halides is 3. The molecule has 54 nitrogen and oxygen atoms in total. The van der Waals surface area contributed by atoms with Crippen molar-refractivity contribution in [2.24, 2.45) is 52.2 Å². The van der Waals surface area contributed by atoms with Crippen LogP contribution in [0.3, 0.4) is 0 Å². The number of aliphatic hydroxyl groups is 2. The Kier molecular flexibility index (Phi) is 48.5. The van der Waals surface area contributed by atoms with E-state index in [0.29, 0.717) is 43.2 Å². The SMILES string of the molecule is CC[C@H](C)[C@@H]1NC(=O)[C@H](CCC(N)=O)NC(=O)[C@@H]2CCCN2C(=O)[C@H](CC(N)=O)NC(=O)[C@H](Cc2c[nH]cn2)NC(=O)[C@H](C(C)C)NC(=O)[C@H]([C@@H](C)O)NC(=O)[C@@H]2CSSC[C@H](NC(=O)[C@@H]3CCCN3C(=O)[C@H](CC(=O)O)NC(=O)[C@@H](N)CCCNC(=N)N)C(=O)N[C@@H](CSSC[C@@H](C(N)=O)NC1=O)C(=O)N[C@@H](CO)C(=O)N[C@@H](CC(N)=O)C(=O)N1CCC[C@H]1C(=O)N[C@@H](C(C)C)C(=O)N2.O=C(O)C(F)(F)F. The summed E-state index contributed by atoms with van der Waals surface area (Å²) >= 11 is 0. The number of carbonyl (C=O) groups is 23. The molecule has 0 saturated carbocycles. The van der Waals surface area contributed by atoms with Crippen LogP contribution in [0, 0.1) is 23.2 Å². The molecule has 0 spiro atoms. The number of nitrogens with zero attached hydrogens (tertiary/aromatic N) is 4. The highest BCUT2D eigenvalue weighted by atomic mass is 33.1. The zero-order valence-electron chi connectivity index (χ0n) is 78.5. The minimum absolute atomic E-state index is 0.0485. The number of carboxylic acid groups (broad SMARTS) is 2. The van der Waals surface area contributed by atoms with Crippen LogP contribution < -0.4 is 114 Å². The van der Waals surface area contributed by atoms with Gasteiger partial charge in [0, 0.05) is 68.2 Å². The quantitative estimate of drug-likeness (QED) is 0.0168. The highest BCUT2D eigenvalue weighted by molar-refractivity contribution is 8.77. The van der Waals surface area contributed by atoms with Crippen LogP contribution in [-0.4, -0.2) is 364 Å². The third kappa shape index (κ3) is 37.7. The number of amides is 21. The van der Waals surface area contributed by atoms with Gasteiger partial charge in [-0.25, -0.2) is 9.78 Å². The third-order valence-electron chi connectivity index (χ3n) is 22.9. The number of imidazole rings is 1. The molecule has 142 heavy (non-hydrogen) atoms. The molecule has 21 amide bonds. The lowest BCUT2D eigenvalue weighted by Crippen LogP contribution is -2.63. The van der Waals surface area contributed by atoms with Gasteiger partial charge in [0.05, 0.1) is 50.0 Å². The Balaban J connectivity index is 0.00000488. The van der Waals surface area contributed by atoms with Crippen LogP contribution in [-0.2, 0) is 117 Å². The van der Waals surface area contributed by atoms with Crippen molar-refractivity contribution in [3.8, 4) is 0 Å². The lowest BCUT2D eigenvalue weighted by Gasteiger charge is -2.32. The molecule has 5 aliphatic heterocycles. The molecule has 0 aromatic carbocycles. The van der Waals surface area contributed by atoms with Gasteiger partial charge in [-0.05, 0) is 82.5 Å². The Morgan fingerprint density at radius 3 is 1.51 bits per heavy atom. The molecule has 1 aromatic rings. The molecule has 5 aliphatic rings. The first-order chi connectivity index (χ1) is 66.6. The fourth-order valence-corrected chi connectivity index (χ4v) is 19.7. The Morgan fingerprint density at radius 1 is 0.556 bits per heavy atom. The number of hydrogen-bond acceptors (Lipinski definition) is 32. The van der Waals surface area contributed by atoms with Crippen LogP contribution in [0.15, 0.2) is 12.5 Å². The van der Waals surface area contributed by atoms with Gasteiger partial charge >= 0.3 is 18.1 Å². The van der Waals surface area contributed by atoms with E-state index in [2.05, 4.69) is 89.7 Å². The number of aliphatic hydroxyl groups excluding tert-OH is 2. The number of guanidine groups is 1. The van der Waals surface area contributed by atoms with E-state index in [9.17, 15) is 110 Å². The molecule has 792 valence electrons. The Hall–Kier alpha value is -12.6. The number of primary amides is 4. The summed E-state index contributed by atoms with van der Waals surface area (Å²) in [4.78, 5) is 334. The fraction of sp³-hybridized carbons (Fsp3) is 0.667. The van der Waals surface area contributed by atoms with E-state index in [-0.39, 0.29) is 95.6 Å². The smallest absolute Gasteiger partial charge is 0.481 e. The summed E-state index contributed by atoms with van der Waals surface area (Å²) < 4.78 is 31.7. The van der Waals surface area contributed by atoms with Gasteiger partial charge in [0.15, 0.2) is 5.96 Å². The zero-order valence-corrected chi connectivity index (χ0v) is 81.8. The monoisotopic (exact) mass is 2090 g/mol. The van der Waals surface area contributed by atoms with E-state index in [1.165, 1.54) is 47.1 Å². The normalized spacial score (nSPS) is 26.4. The number of aromatic nitrogens is 2. The minimum Gasteiger partial charge on any atom is -0.481 e. The first-order valence-electron chi connectivity index (χ1n) is 45.0. The number of fused-ring (bicyclic) bond motifs is 10. The highest BCUT2D eigenvalue weighted by Crippen LogP contribution is 2.29. The predicted octanol–water partition coefficient (Wildman–Crippen LogP) is -10.6. The number of aromatic amines is 1. The van der Waals surface area contributed by atoms with Crippen molar-refractivity contribution in [2.75, 3.05) is 55.8 Å². The van der Waals surface area contributed by atoms with E-state index in [0.717, 1.165) is 21.6 Å². The molecule has 5 saturated heterocycles. The zero-order chi connectivity index (χ0) is 107. The van der Waals surface area contributed by atoms with Crippen molar-refractivity contribution in [3.63, 3.8) is 0 Å². The van der Waals surface area contributed by atoms with Gasteiger partial charge in [0.25, 0.3) is 0 Å². The third-order valence-corrected chi connectivity index (χ3v) is 27.7. The number of nitrogens with one attached hydrogen (secondary N) is 17. The molecule has 1 aromatic heterocycles. The van der Waals surface area contributed by atoms with Gasteiger partial charge in [0.1, 0.15) is 103 Å². The first kappa shape index (κ1) is 120. The van der Waals surface area contributed by atoms with Crippen molar-refractivity contribution < 1.29 is 144 Å². The molecular weight excluding hydrogens is 1970 g/mol. The summed E-state index contributed by atoms with van der Waals surface area (Å²) in [7, 11) is 2.74. The maximum Gasteiger partial charge on any atom is 0.490 e. The lowest BCUT2D eigenvalue weighted by atomic mass is 9.97. The van der Waals surface area contributed by atoms with Gasteiger partial charge in [0.2, 0.25) is 124 Å². The Morgan fingerprint density at radius 2 is 1.01 bits per heavy atom. The number of aliphatic carboxylic acids is 2. The summed E-state index contributed by atoms with van der Waals surface area (Å²) in [6.07, 6.45) is -8.73. The maximum atomic E-state index is 15.5. The van der Waals surface area contributed by atoms with Crippen molar-refractivity contribution in [2.45, 2.75) is 266 Å². The van der Waals surface area contributed by atoms with Crippen LogP contribution in [0.4, 0.5) is 13.2 Å². The summed E-state index contributed by atoms with van der Waals surface area (Å²) in [6.45, 7) is 8.21. The summed E-state index contributed by atoms with van der Waals surface area (Å²) in [6, 6.07) is -31.7. The summed E-state index contributed by atoms with van der Waals surface area (Å²) in [5, 5.41) is 84.0. The van der Waals surface area contributed by atoms with Crippen molar-refractivity contribution in [3.05, 3.63) is 18.2 Å². The van der Waals surface area contributed by atoms with E-state index >= 15 is 24.0 Å². The molecule has 0 radical (unpaired) electrons. The predicted molar refractivity (Wildman–Crippen MR) is 500 cm³/mol. The number of halogens is 3. The topological polar surface area (TPSA) is 872 Å². The van der Waals surface area contributed by atoms with Crippen LogP contribution in [0.5, 0.6) is 0 Å². The molecule has 0 aliphatic carbocycles. The van der Waals surface area contributed by atoms with Crippen LogP contribution in [0.2, 0.25) is 0 Å². The highest BCUT2D eigenvalue weighted by Gasteiger charge is 2.48. The van der Waals surface area contributed by atoms with E-state index in [1.54, 1.807) is 6.92 Å². The molecule has 5 fully saturated rings. The second kappa shape index (κ2) is 57.5. The lowest BCUT2D eigenvalue weighted by molar-refractivity contribution is -0.192. The van der Waals surface area contributed by atoms with Crippen molar-refractivity contribution in [1.29, 1.82) is 5.41 Å². The molecule has 6 heterocycles. The number of H-pyrrole nitrogens is 1. The van der Waals surface area contributed by atoms with E-state index < -0.39 is 343 Å². The molecule has 33 N–H and O–H groups in total. The van der Waals surface area contributed by atoms with Gasteiger partial charge in [-0.15, -0.1) is 0 Å². The molecule has 20 atom stereocenters. The molecule has 0 unspecified atom stereocenters. The second-order valence-electron chi connectivity index (χ2n) is 34.6. The fourth-order valence-electron chi connectivity index (χ4n) is 15.0. The van der Waals surface area contributed by atoms with E-state index in [1.807, 2.05) is 0 Å². The van der Waals surface area contributed by atoms with Crippen molar-refractivity contribution in [1.82, 2.24) is 104 Å². The minimum atomic E-state index is -5.08. The van der Waals surface area contributed by atoms with Crippen LogP contribution in [0.25, 0.3) is 0 Å².